The van der Waals surface area contributed by atoms with Gasteiger partial charge in [0, 0.05) is 18.5 Å². The second kappa shape index (κ2) is 6.22. The van der Waals surface area contributed by atoms with Gasteiger partial charge in [0.05, 0.1) is 6.26 Å². The standard InChI is InChI=1S/C14H24N2O/c1-12(11-14-6-4-10-17-14)16-9-3-2-5-13(16)7-8-15/h4,6,10,12-13H,2-3,5,7-9,11,15H2,1H3. The van der Waals surface area contributed by atoms with Gasteiger partial charge >= 0.3 is 0 Å². The topological polar surface area (TPSA) is 42.4 Å². The molecule has 0 aromatic carbocycles. The quantitative estimate of drug-likeness (QED) is 0.853. The van der Waals surface area contributed by atoms with Crippen LogP contribution in [0, 0.1) is 0 Å². The molecule has 2 atom stereocenters. The summed E-state index contributed by atoms with van der Waals surface area (Å²) in [4.78, 5) is 2.62. The Balaban J connectivity index is 1.93. The van der Waals surface area contributed by atoms with Crippen molar-refractivity contribution in [3.05, 3.63) is 24.2 Å². The molecular formula is C14H24N2O. The predicted molar refractivity (Wildman–Crippen MR) is 69.9 cm³/mol. The first-order chi connectivity index (χ1) is 8.31. The number of rotatable bonds is 5. The number of nitrogens with zero attached hydrogens (tertiary/aromatic N) is 1. The Morgan fingerprint density at radius 2 is 2.41 bits per heavy atom. The van der Waals surface area contributed by atoms with E-state index in [9.17, 15) is 0 Å². The van der Waals surface area contributed by atoms with Gasteiger partial charge in [0.15, 0.2) is 0 Å². The van der Waals surface area contributed by atoms with Crippen LogP contribution in [0.15, 0.2) is 22.8 Å². The molecule has 3 heteroatoms. The number of nitrogens with two attached hydrogens (primary N) is 1. The first-order valence-corrected chi connectivity index (χ1v) is 6.79. The third-order valence-electron chi connectivity index (χ3n) is 3.82. The lowest BCUT2D eigenvalue weighted by Crippen LogP contribution is -2.46. The smallest absolute Gasteiger partial charge is 0.105 e. The van der Waals surface area contributed by atoms with Crippen molar-refractivity contribution in [2.75, 3.05) is 13.1 Å². The van der Waals surface area contributed by atoms with E-state index >= 15 is 0 Å². The van der Waals surface area contributed by atoms with Gasteiger partial charge < -0.3 is 10.2 Å². The molecule has 2 heterocycles. The zero-order valence-corrected chi connectivity index (χ0v) is 10.8. The molecule has 0 spiro atoms. The third-order valence-corrected chi connectivity index (χ3v) is 3.82. The van der Waals surface area contributed by atoms with Crippen LogP contribution in [-0.4, -0.2) is 30.1 Å². The highest BCUT2D eigenvalue weighted by molar-refractivity contribution is 5.00. The second-order valence-corrected chi connectivity index (χ2v) is 5.10. The van der Waals surface area contributed by atoms with E-state index in [1.165, 1.54) is 25.8 Å². The predicted octanol–water partition coefficient (Wildman–Crippen LogP) is 2.41. The minimum atomic E-state index is 0.554. The van der Waals surface area contributed by atoms with Gasteiger partial charge in [0.25, 0.3) is 0 Å². The minimum Gasteiger partial charge on any atom is -0.469 e. The Morgan fingerprint density at radius 3 is 3.12 bits per heavy atom. The highest BCUT2D eigenvalue weighted by Crippen LogP contribution is 2.23. The summed E-state index contributed by atoms with van der Waals surface area (Å²) in [5.74, 6) is 1.09. The second-order valence-electron chi connectivity index (χ2n) is 5.10. The molecule has 0 bridgehead atoms. The molecule has 1 aliphatic heterocycles. The average molecular weight is 236 g/mol. The van der Waals surface area contributed by atoms with Crippen molar-refractivity contribution < 1.29 is 4.42 Å². The molecule has 1 saturated heterocycles. The summed E-state index contributed by atoms with van der Waals surface area (Å²) in [6.45, 7) is 4.32. The van der Waals surface area contributed by atoms with Crippen molar-refractivity contribution >= 4 is 0 Å². The maximum Gasteiger partial charge on any atom is 0.105 e. The van der Waals surface area contributed by atoms with E-state index in [4.69, 9.17) is 10.2 Å². The molecule has 1 aromatic heterocycles. The van der Waals surface area contributed by atoms with Crippen molar-refractivity contribution in [1.82, 2.24) is 4.90 Å². The Morgan fingerprint density at radius 1 is 1.53 bits per heavy atom. The van der Waals surface area contributed by atoms with Crippen molar-refractivity contribution in [3.63, 3.8) is 0 Å². The Hall–Kier alpha value is -0.800. The highest BCUT2D eigenvalue weighted by Gasteiger charge is 2.26. The lowest BCUT2D eigenvalue weighted by molar-refractivity contribution is 0.0956. The number of piperidine rings is 1. The van der Waals surface area contributed by atoms with Crippen LogP contribution in [0.1, 0.15) is 38.4 Å². The van der Waals surface area contributed by atoms with Gasteiger partial charge in [0.1, 0.15) is 5.76 Å². The largest absolute Gasteiger partial charge is 0.469 e. The zero-order chi connectivity index (χ0) is 12.1. The van der Waals surface area contributed by atoms with E-state index in [0.717, 1.165) is 25.1 Å². The van der Waals surface area contributed by atoms with Crippen LogP contribution in [0.5, 0.6) is 0 Å². The molecule has 17 heavy (non-hydrogen) atoms. The van der Waals surface area contributed by atoms with E-state index in [-0.39, 0.29) is 0 Å². The minimum absolute atomic E-state index is 0.554. The first-order valence-electron chi connectivity index (χ1n) is 6.79. The number of hydrogen-bond acceptors (Lipinski definition) is 3. The number of likely N-dealkylation sites (tertiary alicyclic amines) is 1. The molecule has 96 valence electrons. The van der Waals surface area contributed by atoms with Crippen LogP contribution >= 0.6 is 0 Å². The summed E-state index contributed by atoms with van der Waals surface area (Å²) in [5.41, 5.74) is 5.71. The summed E-state index contributed by atoms with van der Waals surface area (Å²) in [7, 11) is 0. The summed E-state index contributed by atoms with van der Waals surface area (Å²) < 4.78 is 5.44. The fraction of sp³-hybridized carbons (Fsp3) is 0.714. The Kier molecular flexibility index (Phi) is 4.63. The number of hydrogen-bond donors (Lipinski definition) is 1. The Labute approximate surface area is 104 Å². The Bertz CT molecular complexity index is 308. The lowest BCUT2D eigenvalue weighted by Gasteiger charge is -2.39. The summed E-state index contributed by atoms with van der Waals surface area (Å²) in [6.07, 6.45) is 7.88. The van der Waals surface area contributed by atoms with E-state index < -0.39 is 0 Å². The van der Waals surface area contributed by atoms with Crippen LogP contribution in [0.25, 0.3) is 0 Å². The van der Waals surface area contributed by atoms with Gasteiger partial charge in [-0.1, -0.05) is 6.42 Å². The van der Waals surface area contributed by atoms with Crippen molar-refractivity contribution in [1.29, 1.82) is 0 Å². The summed E-state index contributed by atoms with van der Waals surface area (Å²) in [5, 5.41) is 0. The van der Waals surface area contributed by atoms with Gasteiger partial charge in [-0.3, -0.25) is 4.90 Å². The van der Waals surface area contributed by atoms with Crippen LogP contribution in [0.2, 0.25) is 0 Å². The van der Waals surface area contributed by atoms with E-state index in [1.54, 1.807) is 6.26 Å². The maximum atomic E-state index is 5.71. The van der Waals surface area contributed by atoms with Crippen molar-refractivity contribution in [3.8, 4) is 0 Å². The third kappa shape index (κ3) is 3.33. The molecule has 2 rings (SSSR count). The first kappa shape index (κ1) is 12.7. The highest BCUT2D eigenvalue weighted by atomic mass is 16.3. The monoisotopic (exact) mass is 236 g/mol. The van der Waals surface area contributed by atoms with E-state index in [0.29, 0.717) is 12.1 Å². The van der Waals surface area contributed by atoms with Crippen LogP contribution in [0.4, 0.5) is 0 Å². The van der Waals surface area contributed by atoms with Crippen LogP contribution in [0.3, 0.4) is 0 Å². The molecular weight excluding hydrogens is 212 g/mol. The van der Waals surface area contributed by atoms with E-state index in [1.807, 2.05) is 6.07 Å². The molecule has 2 unspecified atom stereocenters. The summed E-state index contributed by atoms with van der Waals surface area (Å²) >= 11 is 0. The molecule has 1 aliphatic rings. The SMILES string of the molecule is CC(Cc1ccco1)N1CCCCC1CCN. The van der Waals surface area contributed by atoms with Crippen molar-refractivity contribution in [2.24, 2.45) is 5.73 Å². The normalized spacial score (nSPS) is 23.8. The van der Waals surface area contributed by atoms with Crippen molar-refractivity contribution in [2.45, 2.75) is 51.1 Å². The van der Waals surface area contributed by atoms with Gasteiger partial charge in [-0.25, -0.2) is 0 Å². The summed E-state index contributed by atoms with van der Waals surface area (Å²) in [6, 6.07) is 5.27. The van der Waals surface area contributed by atoms with Gasteiger partial charge in [0.2, 0.25) is 0 Å². The van der Waals surface area contributed by atoms with Crippen LogP contribution < -0.4 is 5.73 Å². The molecule has 0 aliphatic carbocycles. The zero-order valence-electron chi connectivity index (χ0n) is 10.8. The molecule has 0 radical (unpaired) electrons. The fourth-order valence-electron chi connectivity index (χ4n) is 2.94. The van der Waals surface area contributed by atoms with Gasteiger partial charge in [-0.05, 0) is 51.4 Å². The molecule has 2 N–H and O–H groups in total. The lowest BCUT2D eigenvalue weighted by atomic mass is 9.96. The molecule has 0 amide bonds. The molecule has 1 aromatic rings. The van der Waals surface area contributed by atoms with Crippen LogP contribution in [-0.2, 0) is 6.42 Å². The molecule has 0 saturated carbocycles. The van der Waals surface area contributed by atoms with Gasteiger partial charge in [-0.2, -0.15) is 0 Å². The molecule has 1 fully saturated rings. The molecule has 3 nitrogen and oxygen atoms in total. The van der Waals surface area contributed by atoms with E-state index in [2.05, 4.69) is 17.9 Å². The maximum absolute atomic E-state index is 5.71. The number of furan rings is 1. The fourth-order valence-corrected chi connectivity index (χ4v) is 2.94. The van der Waals surface area contributed by atoms with Gasteiger partial charge in [-0.15, -0.1) is 0 Å². The average Bonchev–Trinajstić information content (AvgIpc) is 2.83.